The number of carbonyl (C=O) groups is 2. The molecule has 142 valence electrons. The maximum Gasteiger partial charge on any atom is 0.326 e. The van der Waals surface area contributed by atoms with E-state index in [1.165, 1.54) is 0 Å². The predicted octanol–water partition coefficient (Wildman–Crippen LogP) is 3.63. The number of carbonyl (C=O) groups excluding carboxylic acids is 2. The Morgan fingerprint density at radius 3 is 2.00 bits per heavy atom. The summed E-state index contributed by atoms with van der Waals surface area (Å²) in [6.45, 7) is 3.56. The summed E-state index contributed by atoms with van der Waals surface area (Å²) < 4.78 is 5.29. The molecule has 2 aromatic rings. The highest BCUT2D eigenvalue weighted by atomic mass is 16.5. The zero-order chi connectivity index (χ0) is 19.1. The van der Waals surface area contributed by atoms with Crippen LogP contribution in [0.4, 0.5) is 11.4 Å². The lowest BCUT2D eigenvalue weighted by molar-refractivity contribution is -0.151. The van der Waals surface area contributed by atoms with Gasteiger partial charge in [-0.05, 0) is 43.0 Å². The number of nitrogens with zero attached hydrogens (tertiary/aromatic N) is 2. The number of likely N-dealkylation sites (tertiary alicyclic amines) is 1. The molecule has 1 fully saturated rings. The second kappa shape index (κ2) is 9.21. The molecule has 1 aliphatic heterocycles. The maximum atomic E-state index is 12.4. The van der Waals surface area contributed by atoms with E-state index < -0.39 is 5.97 Å². The Kier molecular flexibility index (Phi) is 6.47. The summed E-state index contributed by atoms with van der Waals surface area (Å²) in [5.41, 5.74) is 1.80. The molecular weight excluding hydrogens is 340 g/mol. The normalized spacial score (nSPS) is 14.6. The summed E-state index contributed by atoms with van der Waals surface area (Å²) >= 11 is 0. The molecule has 0 bridgehead atoms. The van der Waals surface area contributed by atoms with Crippen molar-refractivity contribution in [1.82, 2.24) is 4.90 Å². The molecule has 0 saturated carbocycles. The molecule has 0 atom stereocenters. The minimum atomic E-state index is -0.415. The Hall–Kier alpha value is -2.82. The van der Waals surface area contributed by atoms with Crippen molar-refractivity contribution in [3.63, 3.8) is 0 Å². The van der Waals surface area contributed by atoms with Crippen molar-refractivity contribution in [3.8, 4) is 0 Å². The Morgan fingerprint density at radius 2 is 1.48 bits per heavy atom. The molecule has 1 amide bonds. The molecule has 5 heteroatoms. The number of piperidine rings is 1. The molecule has 2 aromatic carbocycles. The lowest BCUT2D eigenvalue weighted by Crippen LogP contribution is -2.40. The van der Waals surface area contributed by atoms with Crippen LogP contribution in [0.3, 0.4) is 0 Å². The van der Waals surface area contributed by atoms with Gasteiger partial charge in [0, 0.05) is 24.5 Å². The van der Waals surface area contributed by atoms with Gasteiger partial charge in [0.2, 0.25) is 0 Å². The van der Waals surface area contributed by atoms with Crippen LogP contribution in [0.5, 0.6) is 0 Å². The number of benzene rings is 2. The van der Waals surface area contributed by atoms with E-state index in [4.69, 9.17) is 4.74 Å². The third-order valence-electron chi connectivity index (χ3n) is 4.92. The molecule has 0 unspecified atom stereocenters. The van der Waals surface area contributed by atoms with Gasteiger partial charge in [-0.1, -0.05) is 43.3 Å². The number of esters is 1. The first-order valence-corrected chi connectivity index (χ1v) is 9.44. The second-order valence-electron chi connectivity index (χ2n) is 6.98. The molecule has 0 radical (unpaired) electrons. The van der Waals surface area contributed by atoms with Crippen LogP contribution < -0.4 is 4.90 Å². The molecule has 3 rings (SSSR count). The van der Waals surface area contributed by atoms with Gasteiger partial charge in [-0.3, -0.25) is 9.59 Å². The fourth-order valence-corrected chi connectivity index (χ4v) is 3.21. The van der Waals surface area contributed by atoms with Crippen LogP contribution in [0.2, 0.25) is 0 Å². The SMILES string of the molecule is CC1CCN(C(=O)COC(=O)CN(c2ccccc2)c2ccccc2)CC1. The van der Waals surface area contributed by atoms with Gasteiger partial charge in [-0.15, -0.1) is 0 Å². The molecule has 0 aliphatic carbocycles. The predicted molar refractivity (Wildman–Crippen MR) is 106 cm³/mol. The number of hydrogen-bond donors (Lipinski definition) is 0. The highest BCUT2D eigenvalue weighted by Crippen LogP contribution is 2.24. The third-order valence-corrected chi connectivity index (χ3v) is 4.92. The molecule has 1 aliphatic rings. The molecule has 0 spiro atoms. The van der Waals surface area contributed by atoms with E-state index >= 15 is 0 Å². The van der Waals surface area contributed by atoms with Crippen LogP contribution in [0.25, 0.3) is 0 Å². The van der Waals surface area contributed by atoms with Crippen LogP contribution in [0.1, 0.15) is 19.8 Å². The van der Waals surface area contributed by atoms with Crippen molar-refractivity contribution < 1.29 is 14.3 Å². The molecule has 1 saturated heterocycles. The van der Waals surface area contributed by atoms with E-state index in [1.54, 1.807) is 4.90 Å². The average Bonchev–Trinajstić information content (AvgIpc) is 2.72. The van der Waals surface area contributed by atoms with Gasteiger partial charge in [-0.2, -0.15) is 0 Å². The zero-order valence-corrected chi connectivity index (χ0v) is 15.7. The Morgan fingerprint density at radius 1 is 0.963 bits per heavy atom. The van der Waals surface area contributed by atoms with Crippen LogP contribution in [-0.4, -0.2) is 43.0 Å². The van der Waals surface area contributed by atoms with Gasteiger partial charge in [0.15, 0.2) is 6.61 Å². The van der Waals surface area contributed by atoms with Gasteiger partial charge in [-0.25, -0.2) is 0 Å². The second-order valence-corrected chi connectivity index (χ2v) is 6.98. The molecule has 27 heavy (non-hydrogen) atoms. The topological polar surface area (TPSA) is 49.9 Å². The lowest BCUT2D eigenvalue weighted by Gasteiger charge is -2.30. The van der Waals surface area contributed by atoms with E-state index in [-0.39, 0.29) is 19.1 Å². The quantitative estimate of drug-likeness (QED) is 0.733. The van der Waals surface area contributed by atoms with E-state index in [9.17, 15) is 9.59 Å². The van der Waals surface area contributed by atoms with Gasteiger partial charge in [0.25, 0.3) is 5.91 Å². The standard InChI is InChI=1S/C22H26N2O3/c1-18-12-14-23(15-13-18)21(25)17-27-22(26)16-24(19-8-4-2-5-9-19)20-10-6-3-7-11-20/h2-11,18H,12-17H2,1H3. The Bertz CT molecular complexity index is 701. The maximum absolute atomic E-state index is 12.4. The molecule has 0 N–H and O–H groups in total. The summed E-state index contributed by atoms with van der Waals surface area (Å²) in [7, 11) is 0. The average molecular weight is 366 g/mol. The summed E-state index contributed by atoms with van der Waals surface area (Å²) in [4.78, 5) is 28.4. The first kappa shape index (κ1) is 19.0. The van der Waals surface area contributed by atoms with Crippen molar-refractivity contribution in [3.05, 3.63) is 60.7 Å². The molecule has 5 nitrogen and oxygen atoms in total. The molecule has 0 aromatic heterocycles. The van der Waals surface area contributed by atoms with Gasteiger partial charge in [0.1, 0.15) is 6.54 Å². The number of rotatable bonds is 6. The fourth-order valence-electron chi connectivity index (χ4n) is 3.21. The van der Waals surface area contributed by atoms with Crippen molar-refractivity contribution in [2.75, 3.05) is 31.1 Å². The first-order chi connectivity index (χ1) is 13.1. The van der Waals surface area contributed by atoms with E-state index in [0.717, 1.165) is 37.3 Å². The molecule has 1 heterocycles. The number of anilines is 2. The minimum absolute atomic E-state index is 0.0539. The summed E-state index contributed by atoms with van der Waals surface area (Å²) in [6.07, 6.45) is 2.02. The Balaban J connectivity index is 1.59. The minimum Gasteiger partial charge on any atom is -0.454 e. The van der Waals surface area contributed by atoms with Crippen molar-refractivity contribution in [2.24, 2.45) is 5.92 Å². The number of ether oxygens (including phenoxy) is 1. The van der Waals surface area contributed by atoms with E-state index in [1.807, 2.05) is 65.6 Å². The van der Waals surface area contributed by atoms with E-state index in [2.05, 4.69) is 6.92 Å². The highest BCUT2D eigenvalue weighted by molar-refractivity contribution is 5.84. The zero-order valence-electron chi connectivity index (χ0n) is 15.7. The van der Waals surface area contributed by atoms with Gasteiger partial charge in [0.05, 0.1) is 0 Å². The fraction of sp³-hybridized carbons (Fsp3) is 0.364. The van der Waals surface area contributed by atoms with Crippen LogP contribution >= 0.6 is 0 Å². The van der Waals surface area contributed by atoms with Gasteiger partial charge >= 0.3 is 5.97 Å². The summed E-state index contributed by atoms with van der Waals surface area (Å²) in [5.74, 6) is 0.129. The van der Waals surface area contributed by atoms with Crippen molar-refractivity contribution >= 4 is 23.3 Å². The third kappa shape index (κ3) is 5.33. The van der Waals surface area contributed by atoms with Crippen LogP contribution in [0.15, 0.2) is 60.7 Å². The number of para-hydroxylation sites is 2. The number of amides is 1. The first-order valence-electron chi connectivity index (χ1n) is 9.44. The van der Waals surface area contributed by atoms with Gasteiger partial charge < -0.3 is 14.5 Å². The number of hydrogen-bond acceptors (Lipinski definition) is 4. The highest BCUT2D eigenvalue weighted by Gasteiger charge is 2.22. The van der Waals surface area contributed by atoms with Crippen LogP contribution in [-0.2, 0) is 14.3 Å². The summed E-state index contributed by atoms with van der Waals surface area (Å²) in [6, 6.07) is 19.4. The molecular formula is C22H26N2O3. The van der Waals surface area contributed by atoms with E-state index in [0.29, 0.717) is 5.92 Å². The monoisotopic (exact) mass is 366 g/mol. The largest absolute Gasteiger partial charge is 0.454 e. The van der Waals surface area contributed by atoms with Crippen molar-refractivity contribution in [2.45, 2.75) is 19.8 Å². The smallest absolute Gasteiger partial charge is 0.326 e. The Labute approximate surface area is 160 Å². The summed E-state index contributed by atoms with van der Waals surface area (Å²) in [5, 5.41) is 0. The lowest BCUT2D eigenvalue weighted by atomic mass is 9.99. The van der Waals surface area contributed by atoms with Crippen LogP contribution in [0, 0.1) is 5.92 Å². The van der Waals surface area contributed by atoms with Crippen molar-refractivity contribution in [1.29, 1.82) is 0 Å².